The molecule has 22 heavy (non-hydrogen) atoms. The van der Waals surface area contributed by atoms with Gasteiger partial charge in [-0.15, -0.1) is 5.10 Å². The number of aryl methyl sites for hydroxylation is 1. The van der Waals surface area contributed by atoms with Crippen LogP contribution in [0, 0.1) is 12.8 Å². The molecule has 6 nitrogen and oxygen atoms in total. The third kappa shape index (κ3) is 2.64. The van der Waals surface area contributed by atoms with E-state index < -0.39 is 11.0 Å². The summed E-state index contributed by atoms with van der Waals surface area (Å²) in [7, 11) is -1.37. The van der Waals surface area contributed by atoms with Crippen LogP contribution in [-0.2, 0) is 17.5 Å². The minimum atomic E-state index is -1.37. The number of H-pyrrole nitrogens is 1. The number of nitrogens with one attached hydrogen (secondary N) is 2. The highest BCUT2D eigenvalue weighted by Crippen LogP contribution is 2.30. The molecular formula is C15H17N5OS. The highest BCUT2D eigenvalue weighted by Gasteiger charge is 2.22. The van der Waals surface area contributed by atoms with Gasteiger partial charge in [-0.3, -0.25) is 4.72 Å². The zero-order chi connectivity index (χ0) is 15.1. The second kappa shape index (κ2) is 5.24. The summed E-state index contributed by atoms with van der Waals surface area (Å²) in [6, 6.07) is 6.05. The quantitative estimate of drug-likeness (QED) is 0.760. The van der Waals surface area contributed by atoms with E-state index in [4.69, 9.17) is 0 Å². The second-order valence-electron chi connectivity index (χ2n) is 5.80. The van der Waals surface area contributed by atoms with Crippen molar-refractivity contribution in [2.24, 2.45) is 5.92 Å². The lowest BCUT2D eigenvalue weighted by Gasteiger charge is -2.01. The Balaban J connectivity index is 1.54. The van der Waals surface area contributed by atoms with Crippen LogP contribution < -0.4 is 4.72 Å². The Morgan fingerprint density at radius 3 is 3.14 bits per heavy atom. The number of anilines is 1. The first-order valence-electron chi connectivity index (χ1n) is 7.35. The van der Waals surface area contributed by atoms with Gasteiger partial charge in [-0.1, -0.05) is 12.1 Å². The molecule has 1 unspecified atom stereocenters. The lowest BCUT2D eigenvalue weighted by atomic mass is 10.2. The summed E-state index contributed by atoms with van der Waals surface area (Å²) in [6.45, 7) is 2.88. The molecule has 2 aromatic heterocycles. The van der Waals surface area contributed by atoms with Gasteiger partial charge in [0.25, 0.3) is 0 Å². The number of fused-ring (bicyclic) bond motifs is 1. The Morgan fingerprint density at radius 1 is 1.45 bits per heavy atom. The SMILES string of the molecule is Cc1ccc2c(S(=O)Nc3cnn(CC4CC4)n3)c[nH]c2c1. The molecule has 0 radical (unpaired) electrons. The summed E-state index contributed by atoms with van der Waals surface area (Å²) in [5, 5.41) is 9.49. The molecule has 1 saturated carbocycles. The van der Waals surface area contributed by atoms with Gasteiger partial charge in [0, 0.05) is 17.1 Å². The summed E-state index contributed by atoms with van der Waals surface area (Å²) in [6.07, 6.45) is 5.91. The molecule has 4 rings (SSSR count). The van der Waals surface area contributed by atoms with Crippen molar-refractivity contribution in [3.63, 3.8) is 0 Å². The van der Waals surface area contributed by atoms with Crippen LogP contribution in [0.25, 0.3) is 10.9 Å². The molecule has 0 amide bonds. The Hall–Kier alpha value is -2.15. The van der Waals surface area contributed by atoms with Crippen molar-refractivity contribution >= 4 is 27.7 Å². The summed E-state index contributed by atoms with van der Waals surface area (Å²) in [5.74, 6) is 1.25. The van der Waals surface area contributed by atoms with Crippen LogP contribution in [0.4, 0.5) is 5.82 Å². The van der Waals surface area contributed by atoms with Crippen LogP contribution in [0.3, 0.4) is 0 Å². The number of nitrogens with zero attached hydrogens (tertiary/aromatic N) is 3. The van der Waals surface area contributed by atoms with Crippen molar-refractivity contribution < 1.29 is 4.21 Å². The molecule has 0 aliphatic heterocycles. The fraction of sp³-hybridized carbons (Fsp3) is 0.333. The molecule has 3 aromatic rings. The van der Waals surface area contributed by atoms with Gasteiger partial charge in [0.15, 0.2) is 16.8 Å². The summed E-state index contributed by atoms with van der Waals surface area (Å²) >= 11 is 0. The average Bonchev–Trinajstić information content (AvgIpc) is 3.03. The van der Waals surface area contributed by atoms with E-state index in [9.17, 15) is 4.21 Å². The molecule has 1 atom stereocenters. The smallest absolute Gasteiger partial charge is 0.180 e. The van der Waals surface area contributed by atoms with E-state index in [1.807, 2.05) is 25.1 Å². The molecule has 2 N–H and O–H groups in total. The van der Waals surface area contributed by atoms with E-state index in [-0.39, 0.29) is 0 Å². The molecule has 1 aromatic carbocycles. The number of aromatic nitrogens is 4. The number of hydrogen-bond donors (Lipinski definition) is 2. The average molecular weight is 315 g/mol. The molecule has 1 fully saturated rings. The van der Waals surface area contributed by atoms with Crippen LogP contribution >= 0.6 is 0 Å². The molecule has 1 aliphatic carbocycles. The lowest BCUT2D eigenvalue weighted by Crippen LogP contribution is -2.07. The van der Waals surface area contributed by atoms with Crippen molar-refractivity contribution in [3.05, 3.63) is 36.2 Å². The Bertz CT molecular complexity index is 849. The maximum absolute atomic E-state index is 12.5. The third-order valence-electron chi connectivity index (χ3n) is 3.85. The van der Waals surface area contributed by atoms with Gasteiger partial charge in [0.1, 0.15) is 0 Å². The fourth-order valence-electron chi connectivity index (χ4n) is 2.48. The van der Waals surface area contributed by atoms with Gasteiger partial charge in [0.05, 0.1) is 17.6 Å². The fourth-order valence-corrected chi connectivity index (χ4v) is 3.42. The minimum absolute atomic E-state index is 0.542. The minimum Gasteiger partial charge on any atom is -0.360 e. The molecule has 7 heteroatoms. The Labute approximate surface area is 130 Å². The maximum atomic E-state index is 12.5. The Kier molecular flexibility index (Phi) is 3.22. The number of aromatic amines is 1. The first-order chi connectivity index (χ1) is 10.7. The van der Waals surface area contributed by atoms with Crippen LogP contribution in [0.5, 0.6) is 0 Å². The van der Waals surface area contributed by atoms with E-state index in [1.165, 1.54) is 18.4 Å². The zero-order valence-corrected chi connectivity index (χ0v) is 13.1. The first-order valence-corrected chi connectivity index (χ1v) is 8.50. The normalized spacial score (nSPS) is 16.0. The van der Waals surface area contributed by atoms with Crippen LogP contribution in [0.15, 0.2) is 35.5 Å². The van der Waals surface area contributed by atoms with Gasteiger partial charge in [-0.2, -0.15) is 9.90 Å². The van der Waals surface area contributed by atoms with Crippen molar-refractivity contribution in [1.82, 2.24) is 20.0 Å². The molecule has 1 aliphatic rings. The summed E-state index contributed by atoms with van der Waals surface area (Å²) in [4.78, 5) is 5.57. The number of rotatable bonds is 5. The summed E-state index contributed by atoms with van der Waals surface area (Å²) < 4.78 is 15.4. The monoisotopic (exact) mass is 315 g/mol. The van der Waals surface area contributed by atoms with Gasteiger partial charge in [0.2, 0.25) is 0 Å². The number of hydrogen-bond acceptors (Lipinski definition) is 3. The van der Waals surface area contributed by atoms with Crippen LogP contribution in [0.1, 0.15) is 18.4 Å². The van der Waals surface area contributed by atoms with Gasteiger partial charge >= 0.3 is 0 Å². The van der Waals surface area contributed by atoms with Crippen molar-refractivity contribution in [2.75, 3.05) is 4.72 Å². The highest BCUT2D eigenvalue weighted by atomic mass is 32.2. The first kappa shape index (κ1) is 13.5. The van der Waals surface area contributed by atoms with Crippen molar-refractivity contribution in [2.45, 2.75) is 31.2 Å². The predicted molar refractivity (Wildman–Crippen MR) is 85.8 cm³/mol. The van der Waals surface area contributed by atoms with Gasteiger partial charge in [-0.05, 0) is 37.3 Å². The zero-order valence-electron chi connectivity index (χ0n) is 12.2. The largest absolute Gasteiger partial charge is 0.360 e. The lowest BCUT2D eigenvalue weighted by molar-refractivity contribution is 0.499. The van der Waals surface area contributed by atoms with E-state index >= 15 is 0 Å². The summed E-state index contributed by atoms with van der Waals surface area (Å²) in [5.41, 5.74) is 2.16. The molecule has 114 valence electrons. The molecule has 0 saturated heterocycles. The standard InChI is InChI=1S/C15H17N5OS/c1-10-2-5-12-13(6-10)16-7-14(12)22(21)19-15-8-17-20(18-15)9-11-3-4-11/h2,5-8,11,16H,3-4,9H2,1H3,(H,18,19). The van der Waals surface area contributed by atoms with Gasteiger partial charge in [-0.25, -0.2) is 4.21 Å². The highest BCUT2D eigenvalue weighted by molar-refractivity contribution is 7.86. The van der Waals surface area contributed by atoms with Gasteiger partial charge < -0.3 is 4.98 Å². The van der Waals surface area contributed by atoms with E-state index in [2.05, 4.69) is 19.9 Å². The van der Waals surface area contributed by atoms with Crippen LogP contribution in [-0.4, -0.2) is 24.2 Å². The van der Waals surface area contributed by atoms with Crippen LogP contribution in [0.2, 0.25) is 0 Å². The third-order valence-corrected chi connectivity index (χ3v) is 4.98. The van der Waals surface area contributed by atoms with E-state index in [1.54, 1.807) is 17.2 Å². The topological polar surface area (TPSA) is 75.6 Å². The van der Waals surface area contributed by atoms with Crippen molar-refractivity contribution in [1.29, 1.82) is 0 Å². The molecule has 2 heterocycles. The second-order valence-corrected chi connectivity index (χ2v) is 6.98. The Morgan fingerprint density at radius 2 is 2.32 bits per heavy atom. The predicted octanol–water partition coefficient (Wildman–Crippen LogP) is 2.61. The van der Waals surface area contributed by atoms with E-state index in [0.29, 0.717) is 11.7 Å². The maximum Gasteiger partial charge on any atom is 0.180 e. The van der Waals surface area contributed by atoms with E-state index in [0.717, 1.165) is 22.3 Å². The number of benzene rings is 1. The molecule has 0 spiro atoms. The van der Waals surface area contributed by atoms with Crippen molar-refractivity contribution in [3.8, 4) is 0 Å². The molecule has 0 bridgehead atoms. The molecular weight excluding hydrogens is 298 g/mol.